The van der Waals surface area contributed by atoms with Crippen molar-refractivity contribution in [3.63, 3.8) is 0 Å². The van der Waals surface area contributed by atoms with Crippen LogP contribution in [-0.4, -0.2) is 40.6 Å². The first-order valence-corrected chi connectivity index (χ1v) is 9.87. The zero-order valence-electron chi connectivity index (χ0n) is 18.1. The summed E-state index contributed by atoms with van der Waals surface area (Å²) < 4.78 is 1.59. The Bertz CT molecular complexity index is 1000. The van der Waals surface area contributed by atoms with E-state index in [1.165, 1.54) is 11.1 Å². The maximum Gasteiger partial charge on any atom is 0.246 e. The van der Waals surface area contributed by atoms with Crippen LogP contribution in [0.1, 0.15) is 16.7 Å². The molecule has 0 bridgehead atoms. The number of nitrogens with one attached hydrogen (secondary N) is 2. The topological polar surface area (TPSA) is 74.5 Å². The second-order valence-electron chi connectivity index (χ2n) is 7.14. The first kappa shape index (κ1) is 24.4. The van der Waals surface area contributed by atoms with Gasteiger partial charge in [-0.15, -0.1) is 24.0 Å². The molecule has 0 saturated heterocycles. The number of benzene rings is 2. The Labute approximate surface area is 200 Å². The normalized spacial score (nSPS) is 10.9. The lowest BCUT2D eigenvalue weighted by atomic mass is 10.1. The molecule has 0 atom stereocenters. The van der Waals surface area contributed by atoms with Gasteiger partial charge in [-0.05, 0) is 41.8 Å². The number of aromatic nitrogens is 2. The molecule has 0 aliphatic carbocycles. The second-order valence-corrected chi connectivity index (χ2v) is 7.14. The fourth-order valence-corrected chi connectivity index (χ4v) is 3.18. The average Bonchev–Trinajstić information content (AvgIpc) is 3.23. The fraction of sp³-hybridized carbons (Fsp3) is 0.261. The van der Waals surface area contributed by atoms with Gasteiger partial charge in [-0.25, -0.2) is 0 Å². The van der Waals surface area contributed by atoms with Crippen LogP contribution in [0.25, 0.3) is 0 Å². The molecule has 0 fully saturated rings. The maximum absolute atomic E-state index is 12.2. The predicted octanol–water partition coefficient (Wildman–Crippen LogP) is 3.66. The lowest BCUT2D eigenvalue weighted by Crippen LogP contribution is -2.38. The molecule has 0 saturated carbocycles. The van der Waals surface area contributed by atoms with Gasteiger partial charge in [-0.1, -0.05) is 36.4 Å². The maximum atomic E-state index is 12.2. The van der Waals surface area contributed by atoms with E-state index in [0.717, 1.165) is 23.8 Å². The van der Waals surface area contributed by atoms with Crippen LogP contribution >= 0.6 is 24.0 Å². The number of hydrogen-bond acceptors (Lipinski definition) is 3. The van der Waals surface area contributed by atoms with Gasteiger partial charge in [0.15, 0.2) is 5.96 Å². The van der Waals surface area contributed by atoms with Crippen LogP contribution in [0.15, 0.2) is 72.0 Å². The van der Waals surface area contributed by atoms with Crippen LogP contribution in [0.2, 0.25) is 0 Å². The molecule has 0 radical (unpaired) electrons. The standard InChI is InChI=1S/C23H28N6O.HI/c1-18-8-4-5-10-20(18)16-28(3)23(24-2)25-15-19-9-6-11-21(14-19)27-22(30)17-29-13-7-12-26-29;/h4-14H,15-17H2,1-3H3,(H,24,25)(H,27,30);1H. The van der Waals surface area contributed by atoms with Gasteiger partial charge in [-0.3, -0.25) is 14.5 Å². The summed E-state index contributed by atoms with van der Waals surface area (Å²) in [5.41, 5.74) is 4.34. The smallest absolute Gasteiger partial charge is 0.246 e. The average molecular weight is 532 g/mol. The zero-order chi connectivity index (χ0) is 21.3. The van der Waals surface area contributed by atoms with Gasteiger partial charge in [0.1, 0.15) is 6.54 Å². The van der Waals surface area contributed by atoms with E-state index in [1.54, 1.807) is 30.2 Å². The highest BCUT2D eigenvalue weighted by atomic mass is 127. The first-order valence-electron chi connectivity index (χ1n) is 9.87. The number of carbonyl (C=O) groups excluding carboxylic acids is 1. The third-order valence-electron chi connectivity index (χ3n) is 4.77. The molecule has 31 heavy (non-hydrogen) atoms. The molecule has 3 rings (SSSR count). The second kappa shape index (κ2) is 12.1. The molecule has 8 heteroatoms. The molecule has 0 aliphatic rings. The van der Waals surface area contributed by atoms with Gasteiger partial charge in [0.25, 0.3) is 0 Å². The molecule has 0 unspecified atom stereocenters. The third-order valence-corrected chi connectivity index (χ3v) is 4.77. The van der Waals surface area contributed by atoms with E-state index in [0.29, 0.717) is 6.54 Å². The van der Waals surface area contributed by atoms with Crippen molar-refractivity contribution in [3.05, 3.63) is 83.7 Å². The number of anilines is 1. The molecule has 2 N–H and O–H groups in total. The highest BCUT2D eigenvalue weighted by molar-refractivity contribution is 14.0. The minimum absolute atomic E-state index is 0. The number of rotatable bonds is 7. The number of hydrogen-bond donors (Lipinski definition) is 2. The summed E-state index contributed by atoms with van der Waals surface area (Å²) in [6.07, 6.45) is 3.42. The van der Waals surface area contributed by atoms with Gasteiger partial charge in [0.05, 0.1) is 0 Å². The molecule has 2 aromatic carbocycles. The molecule has 1 amide bonds. The number of amides is 1. The van der Waals surface area contributed by atoms with Crippen molar-refractivity contribution in [1.82, 2.24) is 20.0 Å². The van der Waals surface area contributed by atoms with Crippen LogP contribution in [0, 0.1) is 6.92 Å². The molecule has 1 aromatic heterocycles. The zero-order valence-corrected chi connectivity index (χ0v) is 20.4. The Kier molecular flexibility index (Phi) is 9.51. The predicted molar refractivity (Wildman–Crippen MR) is 136 cm³/mol. The van der Waals surface area contributed by atoms with Crippen molar-refractivity contribution in [2.45, 2.75) is 26.6 Å². The van der Waals surface area contributed by atoms with Crippen LogP contribution in [0.5, 0.6) is 0 Å². The number of nitrogens with zero attached hydrogens (tertiary/aromatic N) is 4. The van der Waals surface area contributed by atoms with E-state index < -0.39 is 0 Å². The molecular weight excluding hydrogens is 503 g/mol. The van der Waals surface area contributed by atoms with Gasteiger partial charge in [0.2, 0.25) is 5.91 Å². The van der Waals surface area contributed by atoms with Crippen LogP contribution in [0.3, 0.4) is 0 Å². The Morgan fingerprint density at radius 1 is 1.16 bits per heavy atom. The van der Waals surface area contributed by atoms with Crippen molar-refractivity contribution in [3.8, 4) is 0 Å². The summed E-state index contributed by atoms with van der Waals surface area (Å²) in [6, 6.07) is 17.9. The monoisotopic (exact) mass is 532 g/mol. The Morgan fingerprint density at radius 3 is 2.68 bits per heavy atom. The van der Waals surface area contributed by atoms with Crippen LogP contribution < -0.4 is 10.6 Å². The Hall–Kier alpha value is -2.88. The summed E-state index contributed by atoms with van der Waals surface area (Å²) in [4.78, 5) is 18.7. The SMILES string of the molecule is CN=C(NCc1cccc(NC(=O)Cn2cccn2)c1)N(C)Cc1ccccc1C.I. The summed E-state index contributed by atoms with van der Waals surface area (Å²) in [5, 5.41) is 10.4. The molecule has 0 aliphatic heterocycles. The van der Waals surface area contributed by atoms with Crippen LogP contribution in [0.4, 0.5) is 5.69 Å². The Morgan fingerprint density at radius 2 is 1.97 bits per heavy atom. The molecule has 0 spiro atoms. The van der Waals surface area contributed by atoms with E-state index >= 15 is 0 Å². The minimum atomic E-state index is -0.113. The summed E-state index contributed by atoms with van der Waals surface area (Å²) in [7, 11) is 3.80. The van der Waals surface area contributed by atoms with Crippen molar-refractivity contribution in [1.29, 1.82) is 0 Å². The molecule has 164 valence electrons. The Balaban J connectivity index is 0.00000341. The number of aryl methyl sites for hydroxylation is 1. The lowest BCUT2D eigenvalue weighted by Gasteiger charge is -2.23. The minimum Gasteiger partial charge on any atom is -0.352 e. The van der Waals surface area contributed by atoms with E-state index in [9.17, 15) is 4.79 Å². The molecule has 3 aromatic rings. The van der Waals surface area contributed by atoms with Gasteiger partial charge >= 0.3 is 0 Å². The van der Waals surface area contributed by atoms with Crippen molar-refractivity contribution >= 4 is 41.5 Å². The van der Waals surface area contributed by atoms with E-state index in [1.807, 2.05) is 37.4 Å². The van der Waals surface area contributed by atoms with E-state index in [-0.39, 0.29) is 36.4 Å². The van der Waals surface area contributed by atoms with Crippen LogP contribution in [-0.2, 0) is 24.4 Å². The van der Waals surface area contributed by atoms with Crippen molar-refractivity contribution < 1.29 is 4.79 Å². The molecule has 1 heterocycles. The highest BCUT2D eigenvalue weighted by Crippen LogP contribution is 2.12. The van der Waals surface area contributed by atoms with Gasteiger partial charge < -0.3 is 15.5 Å². The van der Waals surface area contributed by atoms with E-state index in [4.69, 9.17) is 0 Å². The quantitative estimate of drug-likeness (QED) is 0.277. The summed E-state index contributed by atoms with van der Waals surface area (Å²) in [5.74, 6) is 0.698. The fourth-order valence-electron chi connectivity index (χ4n) is 3.18. The van der Waals surface area contributed by atoms with E-state index in [2.05, 4.69) is 50.7 Å². The molecule has 7 nitrogen and oxygen atoms in total. The highest BCUT2D eigenvalue weighted by Gasteiger charge is 2.09. The first-order chi connectivity index (χ1) is 14.5. The molecular formula is C23H29IN6O. The van der Waals surface area contributed by atoms with Crippen molar-refractivity contribution in [2.75, 3.05) is 19.4 Å². The summed E-state index contributed by atoms with van der Waals surface area (Å²) >= 11 is 0. The number of aliphatic imine (C=N–C) groups is 1. The number of guanidine groups is 1. The van der Waals surface area contributed by atoms with Crippen molar-refractivity contribution in [2.24, 2.45) is 4.99 Å². The number of halogens is 1. The number of carbonyl (C=O) groups is 1. The lowest BCUT2D eigenvalue weighted by molar-refractivity contribution is -0.116. The summed E-state index contributed by atoms with van der Waals surface area (Å²) in [6.45, 7) is 3.68. The third kappa shape index (κ3) is 7.39. The van der Waals surface area contributed by atoms with Gasteiger partial charge in [0, 0.05) is 45.3 Å². The largest absolute Gasteiger partial charge is 0.352 e. The van der Waals surface area contributed by atoms with Gasteiger partial charge in [-0.2, -0.15) is 5.10 Å².